The van der Waals surface area contributed by atoms with Crippen LogP contribution in [0, 0.1) is 5.82 Å². The molecule has 2 aromatic rings. The van der Waals surface area contributed by atoms with E-state index in [2.05, 4.69) is 0 Å². The molecule has 0 heterocycles. The summed E-state index contributed by atoms with van der Waals surface area (Å²) in [4.78, 5) is 13.0. The fraction of sp³-hybridized carbons (Fsp3) is 0.278. The number of halogens is 4. The molecule has 0 saturated carbocycles. The van der Waals surface area contributed by atoms with Gasteiger partial charge in [-0.2, -0.15) is 13.2 Å². The zero-order chi connectivity index (χ0) is 20.9. The highest BCUT2D eigenvalue weighted by molar-refractivity contribution is 7.89. The first-order valence-corrected chi connectivity index (χ1v) is 9.70. The van der Waals surface area contributed by atoms with Gasteiger partial charge in [0.15, 0.2) is 0 Å². The van der Waals surface area contributed by atoms with Gasteiger partial charge in [0.25, 0.3) is 0 Å². The molecule has 0 fully saturated rings. The molecule has 152 valence electrons. The summed E-state index contributed by atoms with van der Waals surface area (Å²) in [5.74, 6) is -1.06. The molecule has 0 radical (unpaired) electrons. The van der Waals surface area contributed by atoms with E-state index in [1.54, 1.807) is 13.0 Å². The van der Waals surface area contributed by atoms with Gasteiger partial charge in [-0.05, 0) is 42.8 Å². The van der Waals surface area contributed by atoms with Crippen LogP contribution in [0.15, 0.2) is 53.4 Å². The average Bonchev–Trinajstić information content (AvgIpc) is 2.64. The minimum Gasteiger partial charge on any atom is -0.338 e. The summed E-state index contributed by atoms with van der Waals surface area (Å²) < 4.78 is 78.0. The van der Waals surface area contributed by atoms with Crippen LogP contribution in [0.5, 0.6) is 0 Å². The second-order valence-electron chi connectivity index (χ2n) is 5.89. The Labute approximate surface area is 160 Å². The van der Waals surface area contributed by atoms with Gasteiger partial charge in [-0.3, -0.25) is 4.79 Å². The maximum absolute atomic E-state index is 13.3. The number of benzene rings is 2. The fourth-order valence-corrected chi connectivity index (χ4v) is 3.44. The van der Waals surface area contributed by atoms with Crippen molar-refractivity contribution in [2.24, 2.45) is 0 Å². The largest absolute Gasteiger partial charge is 0.416 e. The van der Waals surface area contributed by atoms with Crippen LogP contribution in [0.4, 0.5) is 17.6 Å². The van der Waals surface area contributed by atoms with E-state index in [4.69, 9.17) is 0 Å². The van der Waals surface area contributed by atoms with Gasteiger partial charge in [-0.25, -0.2) is 17.5 Å². The molecule has 0 spiro atoms. The number of carbonyl (C=O) groups excluding carboxylic acids is 1. The van der Waals surface area contributed by atoms with Crippen molar-refractivity contribution in [3.63, 3.8) is 0 Å². The molecule has 0 aliphatic heterocycles. The van der Waals surface area contributed by atoms with Gasteiger partial charge < -0.3 is 4.90 Å². The Morgan fingerprint density at radius 2 is 1.79 bits per heavy atom. The lowest BCUT2D eigenvalue weighted by atomic mass is 10.2. The summed E-state index contributed by atoms with van der Waals surface area (Å²) in [6, 6.07) is 8.84. The summed E-state index contributed by atoms with van der Waals surface area (Å²) in [5.41, 5.74) is -0.584. The SMILES string of the molecule is CCN(Cc1cccc(F)c1)C(=O)CNS(=O)(=O)c1cccc(C(F)(F)F)c1. The molecule has 2 rings (SSSR count). The normalized spacial score (nSPS) is 12.0. The minimum atomic E-state index is -4.69. The summed E-state index contributed by atoms with van der Waals surface area (Å²) in [6.45, 7) is 1.33. The van der Waals surface area contributed by atoms with Crippen molar-refractivity contribution in [3.8, 4) is 0 Å². The van der Waals surface area contributed by atoms with Gasteiger partial charge in [0.05, 0.1) is 17.0 Å². The van der Waals surface area contributed by atoms with Crippen molar-refractivity contribution in [2.45, 2.75) is 24.5 Å². The Morgan fingerprint density at radius 3 is 2.39 bits per heavy atom. The molecule has 0 unspecified atom stereocenters. The lowest BCUT2D eigenvalue weighted by Crippen LogP contribution is -2.39. The summed E-state index contributed by atoms with van der Waals surface area (Å²) in [7, 11) is -4.32. The van der Waals surface area contributed by atoms with Gasteiger partial charge in [0, 0.05) is 13.1 Å². The number of carbonyl (C=O) groups is 1. The van der Waals surface area contributed by atoms with Gasteiger partial charge >= 0.3 is 6.18 Å². The van der Waals surface area contributed by atoms with Gasteiger partial charge in [0.1, 0.15) is 5.82 Å². The van der Waals surface area contributed by atoms with E-state index in [9.17, 15) is 30.8 Å². The van der Waals surface area contributed by atoms with Crippen LogP contribution in [0.25, 0.3) is 0 Å². The van der Waals surface area contributed by atoms with Crippen molar-refractivity contribution in [2.75, 3.05) is 13.1 Å². The number of sulfonamides is 1. The molecule has 0 atom stereocenters. The number of hydrogen-bond donors (Lipinski definition) is 1. The van der Waals surface area contributed by atoms with Crippen molar-refractivity contribution < 1.29 is 30.8 Å². The summed E-state index contributed by atoms with van der Waals surface area (Å²) >= 11 is 0. The second-order valence-corrected chi connectivity index (χ2v) is 7.65. The first kappa shape index (κ1) is 21.8. The number of nitrogens with zero attached hydrogens (tertiary/aromatic N) is 1. The molecule has 1 N–H and O–H groups in total. The van der Waals surface area contributed by atoms with E-state index in [1.165, 1.54) is 23.1 Å². The van der Waals surface area contributed by atoms with Crippen LogP contribution in [0.3, 0.4) is 0 Å². The highest BCUT2D eigenvalue weighted by atomic mass is 32.2. The second kappa shape index (κ2) is 8.70. The molecule has 0 bridgehead atoms. The Morgan fingerprint density at radius 1 is 1.11 bits per heavy atom. The van der Waals surface area contributed by atoms with Crippen molar-refractivity contribution in [1.82, 2.24) is 9.62 Å². The predicted molar refractivity (Wildman–Crippen MR) is 94.1 cm³/mol. The topological polar surface area (TPSA) is 66.5 Å². The van der Waals surface area contributed by atoms with Crippen molar-refractivity contribution in [3.05, 3.63) is 65.5 Å². The van der Waals surface area contributed by atoms with E-state index >= 15 is 0 Å². The maximum atomic E-state index is 13.3. The zero-order valence-electron chi connectivity index (χ0n) is 14.8. The third-order valence-electron chi connectivity index (χ3n) is 3.88. The van der Waals surface area contributed by atoms with E-state index in [-0.39, 0.29) is 13.1 Å². The van der Waals surface area contributed by atoms with Crippen LogP contribution >= 0.6 is 0 Å². The molecule has 0 saturated heterocycles. The molecule has 5 nitrogen and oxygen atoms in total. The third kappa shape index (κ3) is 5.77. The number of hydrogen-bond acceptors (Lipinski definition) is 3. The highest BCUT2D eigenvalue weighted by Crippen LogP contribution is 2.30. The van der Waals surface area contributed by atoms with Crippen molar-refractivity contribution >= 4 is 15.9 Å². The van der Waals surface area contributed by atoms with E-state index in [0.717, 1.165) is 18.2 Å². The lowest BCUT2D eigenvalue weighted by molar-refractivity contribution is -0.137. The predicted octanol–water partition coefficient (Wildman–Crippen LogP) is 3.17. The molecule has 28 heavy (non-hydrogen) atoms. The van der Waals surface area contributed by atoms with Crippen LogP contribution in [0.1, 0.15) is 18.1 Å². The average molecular weight is 418 g/mol. The molecule has 1 amide bonds. The van der Waals surface area contributed by atoms with Crippen LogP contribution < -0.4 is 4.72 Å². The first-order chi connectivity index (χ1) is 13.0. The Hall–Kier alpha value is -2.46. The maximum Gasteiger partial charge on any atom is 0.416 e. The number of alkyl halides is 3. The number of nitrogens with one attached hydrogen (secondary N) is 1. The number of rotatable bonds is 7. The molecular formula is C18H18F4N2O3S. The molecule has 0 aliphatic carbocycles. The molecule has 0 aromatic heterocycles. The molecule has 2 aromatic carbocycles. The third-order valence-corrected chi connectivity index (χ3v) is 5.28. The fourth-order valence-electron chi connectivity index (χ4n) is 2.42. The first-order valence-electron chi connectivity index (χ1n) is 8.22. The van der Waals surface area contributed by atoms with Gasteiger partial charge in [-0.1, -0.05) is 18.2 Å². The van der Waals surface area contributed by atoms with E-state index in [0.29, 0.717) is 11.6 Å². The summed E-state index contributed by atoms with van der Waals surface area (Å²) in [5, 5.41) is 0. The van der Waals surface area contributed by atoms with Crippen LogP contribution in [0.2, 0.25) is 0 Å². The molecule has 10 heteroatoms. The van der Waals surface area contributed by atoms with Gasteiger partial charge in [-0.15, -0.1) is 0 Å². The summed E-state index contributed by atoms with van der Waals surface area (Å²) in [6.07, 6.45) is -4.69. The Kier molecular flexibility index (Phi) is 6.78. The lowest BCUT2D eigenvalue weighted by Gasteiger charge is -2.21. The Balaban J connectivity index is 2.07. The smallest absolute Gasteiger partial charge is 0.338 e. The number of likely N-dealkylation sites (N-methyl/N-ethyl adjacent to an activating group) is 1. The van der Waals surface area contributed by atoms with Crippen LogP contribution in [-0.4, -0.2) is 32.3 Å². The van der Waals surface area contributed by atoms with Gasteiger partial charge in [0.2, 0.25) is 15.9 Å². The number of amides is 1. The standard InChI is InChI=1S/C18H18F4N2O3S/c1-2-24(12-13-5-3-7-15(19)9-13)17(25)11-23-28(26,27)16-8-4-6-14(10-16)18(20,21)22/h3-10,23H,2,11-12H2,1H3. The quantitative estimate of drug-likeness (QED) is 0.703. The van der Waals surface area contributed by atoms with Crippen molar-refractivity contribution in [1.29, 1.82) is 0 Å². The highest BCUT2D eigenvalue weighted by Gasteiger charge is 2.31. The van der Waals surface area contributed by atoms with E-state index < -0.39 is 44.9 Å². The molecule has 0 aliphatic rings. The van der Waals surface area contributed by atoms with E-state index in [1.807, 2.05) is 4.72 Å². The molecular weight excluding hydrogens is 400 g/mol. The monoisotopic (exact) mass is 418 g/mol. The van der Waals surface area contributed by atoms with Crippen LogP contribution in [-0.2, 0) is 27.5 Å². The Bertz CT molecular complexity index is 946. The minimum absolute atomic E-state index is 0.0678. The zero-order valence-corrected chi connectivity index (χ0v) is 15.6.